The van der Waals surface area contributed by atoms with Gasteiger partial charge in [-0.25, -0.2) is 0 Å². The predicted molar refractivity (Wildman–Crippen MR) is 108 cm³/mol. The van der Waals surface area contributed by atoms with E-state index in [1.54, 1.807) is 0 Å². The molecule has 0 aliphatic heterocycles. The van der Waals surface area contributed by atoms with Crippen molar-refractivity contribution in [2.24, 2.45) is 10.7 Å². The lowest BCUT2D eigenvalue weighted by Gasteiger charge is -2.09. The number of rotatable bonds is 9. The lowest BCUT2D eigenvalue weighted by Crippen LogP contribution is -2.38. The van der Waals surface area contributed by atoms with Gasteiger partial charge in [0, 0.05) is 25.2 Å². The van der Waals surface area contributed by atoms with Gasteiger partial charge in [0.15, 0.2) is 5.96 Å². The number of hydrogen-bond donors (Lipinski definition) is 3. The van der Waals surface area contributed by atoms with E-state index in [0.717, 1.165) is 43.5 Å². The molecule has 1 amide bonds. The number of carbonyl (C=O) groups excluding carboxylic acids is 1. The Balaban J connectivity index is 0.00000625. The van der Waals surface area contributed by atoms with Gasteiger partial charge in [-0.05, 0) is 30.7 Å². The predicted octanol–water partition coefficient (Wildman–Crippen LogP) is 3.54. The van der Waals surface area contributed by atoms with Crippen LogP contribution in [0, 0.1) is 0 Å². The quantitative estimate of drug-likeness (QED) is 0.216. The molecule has 148 valence electrons. The third kappa shape index (κ3) is 9.83. The number of nitrogens with two attached hydrogens (primary N) is 1. The molecule has 0 unspecified atom stereocenters. The summed E-state index contributed by atoms with van der Waals surface area (Å²) in [5.41, 5.74) is 5.08. The van der Waals surface area contributed by atoms with Gasteiger partial charge in [0.05, 0.1) is 5.56 Å². The summed E-state index contributed by atoms with van der Waals surface area (Å²) in [7, 11) is 0. The van der Waals surface area contributed by atoms with E-state index in [4.69, 9.17) is 5.73 Å². The molecule has 0 saturated carbocycles. The number of benzene rings is 1. The first-order valence-electron chi connectivity index (χ1n) is 8.34. The molecule has 1 aromatic rings. The maximum absolute atomic E-state index is 12.5. The lowest BCUT2D eigenvalue weighted by atomic mass is 10.1. The Morgan fingerprint density at radius 2 is 1.69 bits per heavy atom. The van der Waals surface area contributed by atoms with Crippen molar-refractivity contribution in [1.29, 1.82) is 0 Å². The molecule has 0 radical (unpaired) electrons. The second-order valence-corrected chi connectivity index (χ2v) is 5.59. The summed E-state index contributed by atoms with van der Waals surface area (Å²) in [6.07, 6.45) is 0.0403. The van der Waals surface area contributed by atoms with Gasteiger partial charge in [-0.3, -0.25) is 9.79 Å². The van der Waals surface area contributed by atoms with Crippen molar-refractivity contribution in [3.63, 3.8) is 0 Å². The lowest BCUT2D eigenvalue weighted by molar-refractivity contribution is -0.137. The Labute approximate surface area is 169 Å². The van der Waals surface area contributed by atoms with Gasteiger partial charge < -0.3 is 16.4 Å². The third-order valence-electron chi connectivity index (χ3n) is 3.48. The van der Waals surface area contributed by atoms with E-state index >= 15 is 0 Å². The van der Waals surface area contributed by atoms with Crippen LogP contribution in [0.2, 0.25) is 0 Å². The number of halogens is 4. The highest BCUT2D eigenvalue weighted by Crippen LogP contribution is 2.28. The molecule has 0 fully saturated rings. The number of nitrogens with one attached hydrogen (secondary N) is 2. The van der Waals surface area contributed by atoms with Crippen LogP contribution in [0.25, 0.3) is 0 Å². The number of nitrogens with zero attached hydrogens (tertiary/aromatic N) is 1. The molecule has 4 N–H and O–H groups in total. The van der Waals surface area contributed by atoms with Gasteiger partial charge in [-0.2, -0.15) is 13.2 Å². The van der Waals surface area contributed by atoms with Gasteiger partial charge in [0.25, 0.3) is 5.91 Å². The van der Waals surface area contributed by atoms with Crippen molar-refractivity contribution in [1.82, 2.24) is 10.6 Å². The van der Waals surface area contributed by atoms with Gasteiger partial charge in [0.1, 0.15) is 0 Å². The fraction of sp³-hybridized carbons (Fsp3) is 0.529. The largest absolute Gasteiger partial charge is 0.416 e. The molecule has 0 saturated heterocycles. The minimum Gasteiger partial charge on any atom is -0.370 e. The standard InChI is InChI=1S/C17H25F3N4O.HI/c1-2-3-4-5-10-23-16(21)24-12-11-22-15(25)13-6-8-14(9-7-13)17(18,19)20;/h6-9H,2-5,10-12H2,1H3,(H,22,25)(H3,21,23,24);1H. The first-order chi connectivity index (χ1) is 11.8. The summed E-state index contributed by atoms with van der Waals surface area (Å²) < 4.78 is 37.4. The second-order valence-electron chi connectivity index (χ2n) is 5.59. The summed E-state index contributed by atoms with van der Waals surface area (Å²) in [5.74, 6) is -0.120. The van der Waals surface area contributed by atoms with Crippen molar-refractivity contribution < 1.29 is 18.0 Å². The SMILES string of the molecule is CCCCCCN=C(N)NCCNC(=O)c1ccc(C(F)(F)F)cc1.I. The maximum atomic E-state index is 12.5. The second kappa shape index (κ2) is 12.8. The van der Waals surface area contributed by atoms with Crippen LogP contribution in [0.1, 0.15) is 48.5 Å². The van der Waals surface area contributed by atoms with Gasteiger partial charge in [0.2, 0.25) is 0 Å². The highest BCUT2D eigenvalue weighted by molar-refractivity contribution is 14.0. The number of amides is 1. The first kappa shape index (κ1) is 24.5. The molecule has 1 rings (SSSR count). The summed E-state index contributed by atoms with van der Waals surface area (Å²) in [5, 5.41) is 5.48. The Hall–Kier alpha value is -1.52. The van der Waals surface area contributed by atoms with E-state index in [2.05, 4.69) is 22.5 Å². The number of guanidine groups is 1. The average Bonchev–Trinajstić information content (AvgIpc) is 2.57. The van der Waals surface area contributed by atoms with Crippen LogP contribution in [-0.2, 0) is 6.18 Å². The van der Waals surface area contributed by atoms with Gasteiger partial charge in [-0.15, -0.1) is 24.0 Å². The number of hydrogen-bond acceptors (Lipinski definition) is 2. The molecule has 0 aliphatic carbocycles. The highest BCUT2D eigenvalue weighted by atomic mass is 127. The Morgan fingerprint density at radius 1 is 1.08 bits per heavy atom. The van der Waals surface area contributed by atoms with E-state index in [0.29, 0.717) is 19.0 Å². The van der Waals surface area contributed by atoms with Crippen LogP contribution in [0.5, 0.6) is 0 Å². The van der Waals surface area contributed by atoms with Crippen LogP contribution >= 0.6 is 24.0 Å². The zero-order chi connectivity index (χ0) is 18.7. The molecule has 9 heteroatoms. The topological polar surface area (TPSA) is 79.5 Å². The van der Waals surface area contributed by atoms with Crippen LogP contribution < -0.4 is 16.4 Å². The van der Waals surface area contributed by atoms with Crippen molar-refractivity contribution in [3.8, 4) is 0 Å². The van der Waals surface area contributed by atoms with E-state index < -0.39 is 17.6 Å². The van der Waals surface area contributed by atoms with Crippen LogP contribution in [-0.4, -0.2) is 31.5 Å². The maximum Gasteiger partial charge on any atom is 0.416 e. The zero-order valence-corrected chi connectivity index (χ0v) is 17.1. The Morgan fingerprint density at radius 3 is 2.27 bits per heavy atom. The molecular weight excluding hydrogens is 460 g/mol. The molecule has 0 atom stereocenters. The molecule has 0 aromatic heterocycles. The minimum absolute atomic E-state index is 0. The fourth-order valence-corrected chi connectivity index (χ4v) is 2.07. The molecule has 1 aromatic carbocycles. The third-order valence-corrected chi connectivity index (χ3v) is 3.48. The van der Waals surface area contributed by atoms with Crippen LogP contribution in [0.3, 0.4) is 0 Å². The fourth-order valence-electron chi connectivity index (χ4n) is 2.07. The number of unbranched alkanes of at least 4 members (excludes halogenated alkanes) is 3. The molecule has 0 aliphatic rings. The van der Waals surface area contributed by atoms with E-state index in [1.165, 1.54) is 6.42 Å². The molecular formula is C17H26F3IN4O. The van der Waals surface area contributed by atoms with E-state index in [9.17, 15) is 18.0 Å². The highest BCUT2D eigenvalue weighted by Gasteiger charge is 2.30. The van der Waals surface area contributed by atoms with Crippen LogP contribution in [0.15, 0.2) is 29.3 Å². The van der Waals surface area contributed by atoms with Gasteiger partial charge >= 0.3 is 6.18 Å². The molecule has 26 heavy (non-hydrogen) atoms. The van der Waals surface area contributed by atoms with E-state index in [1.807, 2.05) is 0 Å². The molecule has 0 spiro atoms. The van der Waals surface area contributed by atoms with Crippen molar-refractivity contribution >= 4 is 35.8 Å². The number of carbonyl (C=O) groups is 1. The molecule has 5 nitrogen and oxygen atoms in total. The van der Waals surface area contributed by atoms with E-state index in [-0.39, 0.29) is 36.1 Å². The summed E-state index contributed by atoms with van der Waals surface area (Å²) in [4.78, 5) is 16.0. The van der Waals surface area contributed by atoms with Crippen molar-refractivity contribution in [2.45, 2.75) is 38.8 Å². The summed E-state index contributed by atoms with van der Waals surface area (Å²) >= 11 is 0. The number of alkyl halides is 3. The smallest absolute Gasteiger partial charge is 0.370 e. The normalized spacial score (nSPS) is 11.6. The van der Waals surface area contributed by atoms with Crippen molar-refractivity contribution in [2.75, 3.05) is 19.6 Å². The molecule has 0 bridgehead atoms. The Kier molecular flexibility index (Phi) is 12.0. The average molecular weight is 486 g/mol. The number of aliphatic imine (C=N–C) groups is 1. The molecule has 0 heterocycles. The van der Waals surface area contributed by atoms with Crippen LogP contribution in [0.4, 0.5) is 13.2 Å². The summed E-state index contributed by atoms with van der Waals surface area (Å²) in [6.45, 7) is 3.47. The monoisotopic (exact) mass is 486 g/mol. The first-order valence-corrected chi connectivity index (χ1v) is 8.34. The minimum atomic E-state index is -4.41. The zero-order valence-electron chi connectivity index (χ0n) is 14.7. The van der Waals surface area contributed by atoms with Gasteiger partial charge in [-0.1, -0.05) is 26.2 Å². The Bertz CT molecular complexity index is 562. The summed E-state index contributed by atoms with van der Waals surface area (Å²) in [6, 6.07) is 4.07. The van der Waals surface area contributed by atoms with Crippen molar-refractivity contribution in [3.05, 3.63) is 35.4 Å².